The van der Waals surface area contributed by atoms with Crippen LogP contribution in [0.25, 0.3) is 0 Å². The molecule has 1 aromatic carbocycles. The average Bonchev–Trinajstić information content (AvgIpc) is 2.56. The Labute approximate surface area is 130 Å². The van der Waals surface area contributed by atoms with Gasteiger partial charge in [0.1, 0.15) is 0 Å². The Kier molecular flexibility index (Phi) is 4.49. The van der Waals surface area contributed by atoms with E-state index in [1.807, 2.05) is 24.5 Å². The lowest BCUT2D eigenvalue weighted by atomic mass is 9.90. The molecule has 0 bridgehead atoms. The van der Waals surface area contributed by atoms with Crippen molar-refractivity contribution in [3.63, 3.8) is 0 Å². The van der Waals surface area contributed by atoms with Crippen molar-refractivity contribution in [2.45, 2.75) is 25.3 Å². The maximum Gasteiger partial charge on any atom is 0.335 e. The Balaban J connectivity index is 1.58. The summed E-state index contributed by atoms with van der Waals surface area (Å²) in [6.07, 6.45) is 6.00. The van der Waals surface area contributed by atoms with Crippen LogP contribution in [0.15, 0.2) is 48.8 Å². The maximum absolute atomic E-state index is 11.0. The fraction of sp³-hybridized carbons (Fsp3) is 0.333. The number of benzene rings is 1. The van der Waals surface area contributed by atoms with Crippen LogP contribution in [0, 0.1) is 0 Å². The van der Waals surface area contributed by atoms with E-state index in [2.05, 4.69) is 22.0 Å². The zero-order valence-corrected chi connectivity index (χ0v) is 12.5. The van der Waals surface area contributed by atoms with Gasteiger partial charge < -0.3 is 5.11 Å². The molecular formula is C18H20N2O2. The highest BCUT2D eigenvalue weighted by Crippen LogP contribution is 2.28. The maximum atomic E-state index is 11.0. The first-order chi connectivity index (χ1) is 10.7. The first-order valence-electron chi connectivity index (χ1n) is 7.67. The molecule has 4 heteroatoms. The number of carboxylic acid groups (broad SMARTS) is 1. The molecule has 2 heterocycles. The molecule has 1 N–H and O–H groups in total. The van der Waals surface area contributed by atoms with Gasteiger partial charge in [0.25, 0.3) is 0 Å². The number of aromatic carboxylic acids is 1. The Hall–Kier alpha value is -2.20. The molecule has 1 fully saturated rings. The molecule has 3 rings (SSSR count). The van der Waals surface area contributed by atoms with Crippen molar-refractivity contribution in [2.75, 3.05) is 13.1 Å². The number of carbonyl (C=O) groups is 1. The first-order valence-corrected chi connectivity index (χ1v) is 7.67. The van der Waals surface area contributed by atoms with Gasteiger partial charge in [0.15, 0.2) is 0 Å². The SMILES string of the molecule is O=C(O)c1cccc(CN2CCC(c3ccncc3)CC2)c1. The van der Waals surface area contributed by atoms with Gasteiger partial charge >= 0.3 is 5.97 Å². The van der Waals surface area contributed by atoms with E-state index < -0.39 is 5.97 Å². The summed E-state index contributed by atoms with van der Waals surface area (Å²) in [4.78, 5) is 17.5. The number of nitrogens with zero attached hydrogens (tertiary/aromatic N) is 2. The smallest absolute Gasteiger partial charge is 0.335 e. The van der Waals surface area contributed by atoms with E-state index in [9.17, 15) is 4.79 Å². The second-order valence-corrected chi connectivity index (χ2v) is 5.84. The van der Waals surface area contributed by atoms with Crippen LogP contribution in [0.1, 0.15) is 40.2 Å². The van der Waals surface area contributed by atoms with E-state index in [1.165, 1.54) is 5.56 Å². The van der Waals surface area contributed by atoms with Gasteiger partial charge in [-0.3, -0.25) is 9.88 Å². The Morgan fingerprint density at radius 1 is 1.18 bits per heavy atom. The van der Waals surface area contributed by atoms with Crippen LogP contribution in [0.3, 0.4) is 0 Å². The number of carboxylic acids is 1. The van der Waals surface area contributed by atoms with Crippen LogP contribution < -0.4 is 0 Å². The van der Waals surface area contributed by atoms with Crippen LogP contribution in [-0.4, -0.2) is 34.0 Å². The second-order valence-electron chi connectivity index (χ2n) is 5.84. The highest BCUT2D eigenvalue weighted by atomic mass is 16.4. The van der Waals surface area contributed by atoms with Gasteiger partial charge in [0, 0.05) is 18.9 Å². The van der Waals surface area contributed by atoms with Gasteiger partial charge in [0.2, 0.25) is 0 Å². The van der Waals surface area contributed by atoms with Crippen LogP contribution in [0.5, 0.6) is 0 Å². The lowest BCUT2D eigenvalue weighted by Crippen LogP contribution is -2.32. The quantitative estimate of drug-likeness (QED) is 0.941. The van der Waals surface area contributed by atoms with E-state index >= 15 is 0 Å². The molecule has 1 aliphatic heterocycles. The molecule has 1 aliphatic rings. The molecule has 0 radical (unpaired) electrons. The van der Waals surface area contributed by atoms with Crippen LogP contribution >= 0.6 is 0 Å². The Morgan fingerprint density at radius 3 is 2.59 bits per heavy atom. The van der Waals surface area contributed by atoms with E-state index in [0.717, 1.165) is 38.0 Å². The Bertz CT molecular complexity index is 635. The third-order valence-corrected chi connectivity index (χ3v) is 4.35. The molecule has 0 saturated carbocycles. The van der Waals surface area contributed by atoms with E-state index in [1.54, 1.807) is 12.1 Å². The van der Waals surface area contributed by atoms with Gasteiger partial charge in [-0.05, 0) is 67.2 Å². The van der Waals surface area contributed by atoms with Crippen molar-refractivity contribution in [2.24, 2.45) is 0 Å². The summed E-state index contributed by atoms with van der Waals surface area (Å²) >= 11 is 0. The molecule has 0 unspecified atom stereocenters. The summed E-state index contributed by atoms with van der Waals surface area (Å²) in [5.74, 6) is -0.247. The molecule has 0 atom stereocenters. The van der Waals surface area contributed by atoms with Crippen LogP contribution in [0.4, 0.5) is 0 Å². The molecule has 4 nitrogen and oxygen atoms in total. The number of rotatable bonds is 4. The lowest BCUT2D eigenvalue weighted by molar-refractivity contribution is 0.0696. The number of aromatic nitrogens is 1. The van der Waals surface area contributed by atoms with Gasteiger partial charge in [-0.1, -0.05) is 12.1 Å². The van der Waals surface area contributed by atoms with Crippen molar-refractivity contribution in [3.8, 4) is 0 Å². The van der Waals surface area contributed by atoms with Crippen molar-refractivity contribution < 1.29 is 9.90 Å². The standard InChI is InChI=1S/C18H20N2O2/c21-18(22)17-3-1-2-14(12-17)13-20-10-6-16(7-11-20)15-4-8-19-9-5-15/h1-5,8-9,12,16H,6-7,10-11,13H2,(H,21,22). The highest BCUT2D eigenvalue weighted by Gasteiger charge is 2.20. The van der Waals surface area contributed by atoms with Crippen LogP contribution in [0.2, 0.25) is 0 Å². The summed E-state index contributed by atoms with van der Waals surface area (Å²) in [6, 6.07) is 11.5. The van der Waals surface area contributed by atoms with Crippen molar-refractivity contribution >= 4 is 5.97 Å². The molecule has 2 aromatic rings. The summed E-state index contributed by atoms with van der Waals surface area (Å²) < 4.78 is 0. The van der Waals surface area contributed by atoms with Gasteiger partial charge in [-0.2, -0.15) is 0 Å². The zero-order valence-electron chi connectivity index (χ0n) is 12.5. The van der Waals surface area contributed by atoms with Crippen LogP contribution in [-0.2, 0) is 6.54 Å². The number of pyridine rings is 1. The largest absolute Gasteiger partial charge is 0.478 e. The molecule has 0 aliphatic carbocycles. The second kappa shape index (κ2) is 6.71. The van der Waals surface area contributed by atoms with Gasteiger partial charge in [0.05, 0.1) is 5.56 Å². The number of likely N-dealkylation sites (tertiary alicyclic amines) is 1. The summed E-state index contributed by atoms with van der Waals surface area (Å²) in [6.45, 7) is 2.92. The van der Waals surface area contributed by atoms with Gasteiger partial charge in [-0.15, -0.1) is 0 Å². The molecule has 1 aromatic heterocycles. The summed E-state index contributed by atoms with van der Waals surface area (Å²) in [5.41, 5.74) is 2.81. The fourth-order valence-electron chi connectivity index (χ4n) is 3.12. The molecule has 1 saturated heterocycles. The topological polar surface area (TPSA) is 53.4 Å². The van der Waals surface area contributed by atoms with E-state index in [-0.39, 0.29) is 0 Å². The monoisotopic (exact) mass is 296 g/mol. The highest BCUT2D eigenvalue weighted by molar-refractivity contribution is 5.87. The minimum Gasteiger partial charge on any atom is -0.478 e. The zero-order chi connectivity index (χ0) is 15.4. The number of hydrogen-bond donors (Lipinski definition) is 1. The molecule has 114 valence electrons. The first kappa shape index (κ1) is 14.7. The molecule has 0 amide bonds. The summed E-state index contributed by atoms with van der Waals surface area (Å²) in [7, 11) is 0. The van der Waals surface area contributed by atoms with Gasteiger partial charge in [-0.25, -0.2) is 4.79 Å². The fourth-order valence-corrected chi connectivity index (χ4v) is 3.12. The number of piperidine rings is 1. The van der Waals surface area contributed by atoms with E-state index in [4.69, 9.17) is 5.11 Å². The minimum absolute atomic E-state index is 0.365. The molecule has 0 spiro atoms. The third kappa shape index (κ3) is 3.52. The molecule has 22 heavy (non-hydrogen) atoms. The van der Waals surface area contributed by atoms with Crippen molar-refractivity contribution in [3.05, 3.63) is 65.5 Å². The number of hydrogen-bond acceptors (Lipinski definition) is 3. The predicted molar refractivity (Wildman–Crippen MR) is 84.9 cm³/mol. The Morgan fingerprint density at radius 2 is 1.91 bits per heavy atom. The normalized spacial score (nSPS) is 16.5. The third-order valence-electron chi connectivity index (χ3n) is 4.35. The molecular weight excluding hydrogens is 276 g/mol. The van der Waals surface area contributed by atoms with E-state index in [0.29, 0.717) is 11.5 Å². The summed E-state index contributed by atoms with van der Waals surface area (Å²) in [5, 5.41) is 9.06. The predicted octanol–water partition coefficient (Wildman–Crippen LogP) is 3.16. The minimum atomic E-state index is -0.863. The average molecular weight is 296 g/mol. The van der Waals surface area contributed by atoms with Crippen molar-refractivity contribution in [1.82, 2.24) is 9.88 Å². The lowest BCUT2D eigenvalue weighted by Gasteiger charge is -2.32. The van der Waals surface area contributed by atoms with Crippen molar-refractivity contribution in [1.29, 1.82) is 0 Å².